The molecule has 0 bridgehead atoms. The van der Waals surface area contributed by atoms with Crippen LogP contribution in [0.4, 0.5) is 0 Å². The highest BCUT2D eigenvalue weighted by Crippen LogP contribution is 2.33. The Morgan fingerprint density at radius 1 is 1.13 bits per heavy atom. The lowest BCUT2D eigenvalue weighted by molar-refractivity contribution is -0.132. The molecule has 0 spiro atoms. The zero-order valence-electron chi connectivity index (χ0n) is 18.9. The molecule has 2 rings (SSSR count). The number of nitrogens with one attached hydrogen (secondary N) is 2. The zero-order valence-corrected chi connectivity index (χ0v) is 21.2. The second-order valence-corrected chi connectivity index (χ2v) is 7.75. The molecule has 7 nitrogen and oxygen atoms in total. The molecule has 2 N–H and O–H groups in total. The van der Waals surface area contributed by atoms with Crippen LogP contribution in [-0.4, -0.2) is 57.7 Å². The number of hydrogen-bond acceptors (Lipinski definition) is 4. The molecule has 0 atom stereocenters. The molecule has 1 aromatic carbocycles. The molecular weight excluding hydrogens is 495 g/mol. The lowest BCUT2D eigenvalue weighted by Gasteiger charge is -2.29. The van der Waals surface area contributed by atoms with Crippen LogP contribution in [0, 0.1) is 5.92 Å². The standard InChI is InChI=1S/C22H36N4O3.HI/c1-16(2)8-11-25-22(23-3)24-10-6-7-21(27)26-12-9-17-13-19(28-4)20(29-5)14-18(17)15-26;/h13-14,16H,6-12,15H2,1-5H3,(H2,23,24,25);1H. The number of guanidine groups is 1. The van der Waals surface area contributed by atoms with Crippen LogP contribution in [0.15, 0.2) is 17.1 Å². The average molecular weight is 532 g/mol. The molecule has 1 aliphatic rings. The van der Waals surface area contributed by atoms with Gasteiger partial charge in [0.05, 0.1) is 14.2 Å². The van der Waals surface area contributed by atoms with Crippen molar-refractivity contribution >= 4 is 35.8 Å². The predicted molar refractivity (Wildman–Crippen MR) is 132 cm³/mol. The van der Waals surface area contributed by atoms with E-state index >= 15 is 0 Å². The van der Waals surface area contributed by atoms with Crippen LogP contribution in [0.2, 0.25) is 0 Å². The Morgan fingerprint density at radius 3 is 2.37 bits per heavy atom. The number of amides is 1. The summed E-state index contributed by atoms with van der Waals surface area (Å²) >= 11 is 0. The number of halogens is 1. The summed E-state index contributed by atoms with van der Waals surface area (Å²) in [5, 5.41) is 6.59. The molecule has 0 radical (unpaired) electrons. The largest absolute Gasteiger partial charge is 0.493 e. The fraction of sp³-hybridized carbons (Fsp3) is 0.636. The molecule has 0 saturated carbocycles. The van der Waals surface area contributed by atoms with Gasteiger partial charge in [-0.3, -0.25) is 9.79 Å². The molecule has 1 amide bonds. The molecule has 170 valence electrons. The normalized spacial score (nSPS) is 13.4. The maximum absolute atomic E-state index is 12.6. The number of hydrogen-bond donors (Lipinski definition) is 2. The molecule has 30 heavy (non-hydrogen) atoms. The molecule has 1 aromatic rings. The van der Waals surface area contributed by atoms with Crippen molar-refractivity contribution in [2.45, 2.75) is 46.1 Å². The Labute approximate surface area is 198 Å². The van der Waals surface area contributed by atoms with Crippen LogP contribution in [-0.2, 0) is 17.8 Å². The SMILES string of the molecule is CN=C(NCCCC(=O)N1CCc2cc(OC)c(OC)cc2C1)NCCC(C)C.I. The third kappa shape index (κ3) is 7.85. The van der Waals surface area contributed by atoms with Crippen LogP contribution in [0.3, 0.4) is 0 Å². The van der Waals surface area contributed by atoms with Crippen molar-refractivity contribution in [3.63, 3.8) is 0 Å². The van der Waals surface area contributed by atoms with Gasteiger partial charge in [-0.15, -0.1) is 24.0 Å². The first kappa shape index (κ1) is 26.3. The smallest absolute Gasteiger partial charge is 0.222 e. The summed E-state index contributed by atoms with van der Waals surface area (Å²) in [6.07, 6.45) is 3.25. The molecular formula is C22H37IN4O3. The number of methoxy groups -OCH3 is 2. The second-order valence-electron chi connectivity index (χ2n) is 7.75. The number of rotatable bonds is 9. The lowest BCUT2D eigenvalue weighted by Crippen LogP contribution is -2.39. The summed E-state index contributed by atoms with van der Waals surface area (Å²) in [5.41, 5.74) is 2.36. The van der Waals surface area contributed by atoms with Crippen molar-refractivity contribution in [2.75, 3.05) is 40.9 Å². The van der Waals surface area contributed by atoms with Gasteiger partial charge >= 0.3 is 0 Å². The third-order valence-electron chi connectivity index (χ3n) is 5.17. The highest BCUT2D eigenvalue weighted by Gasteiger charge is 2.22. The van der Waals surface area contributed by atoms with Crippen molar-refractivity contribution < 1.29 is 14.3 Å². The Kier molecular flexibility index (Phi) is 11.9. The van der Waals surface area contributed by atoms with Crippen molar-refractivity contribution in [1.82, 2.24) is 15.5 Å². The number of fused-ring (bicyclic) bond motifs is 1. The number of nitrogens with zero attached hydrogens (tertiary/aromatic N) is 2. The predicted octanol–water partition coefficient (Wildman–Crippen LogP) is 3.20. The summed E-state index contributed by atoms with van der Waals surface area (Å²) < 4.78 is 10.8. The molecule has 1 aliphatic heterocycles. The molecule has 0 fully saturated rings. The summed E-state index contributed by atoms with van der Waals surface area (Å²) in [5.74, 6) is 3.10. The van der Waals surface area contributed by atoms with Crippen LogP contribution in [0.5, 0.6) is 11.5 Å². The highest BCUT2D eigenvalue weighted by atomic mass is 127. The van der Waals surface area contributed by atoms with E-state index in [-0.39, 0.29) is 29.9 Å². The lowest BCUT2D eigenvalue weighted by atomic mass is 9.98. The number of carbonyl (C=O) groups excluding carboxylic acids is 1. The Hall–Kier alpha value is -1.71. The monoisotopic (exact) mass is 532 g/mol. The average Bonchev–Trinajstić information content (AvgIpc) is 2.73. The first-order valence-corrected chi connectivity index (χ1v) is 10.4. The van der Waals surface area contributed by atoms with E-state index in [0.717, 1.165) is 56.2 Å². The zero-order chi connectivity index (χ0) is 21.2. The van der Waals surface area contributed by atoms with E-state index < -0.39 is 0 Å². The molecule has 1 heterocycles. The first-order chi connectivity index (χ1) is 14.0. The fourth-order valence-electron chi connectivity index (χ4n) is 3.40. The van der Waals surface area contributed by atoms with E-state index in [4.69, 9.17) is 9.47 Å². The number of carbonyl (C=O) groups is 1. The van der Waals surface area contributed by atoms with Gasteiger partial charge in [0.1, 0.15) is 0 Å². The fourth-order valence-corrected chi connectivity index (χ4v) is 3.40. The van der Waals surface area contributed by atoms with Gasteiger partial charge in [0.15, 0.2) is 17.5 Å². The van der Waals surface area contributed by atoms with Crippen LogP contribution in [0.25, 0.3) is 0 Å². The minimum absolute atomic E-state index is 0. The minimum Gasteiger partial charge on any atom is -0.493 e. The molecule has 0 unspecified atom stereocenters. The van der Waals surface area contributed by atoms with Crippen molar-refractivity contribution in [3.05, 3.63) is 23.3 Å². The third-order valence-corrected chi connectivity index (χ3v) is 5.17. The first-order valence-electron chi connectivity index (χ1n) is 10.4. The maximum Gasteiger partial charge on any atom is 0.222 e. The van der Waals surface area contributed by atoms with Gasteiger partial charge in [0, 0.05) is 39.6 Å². The van der Waals surface area contributed by atoms with Crippen LogP contribution in [0.1, 0.15) is 44.2 Å². The molecule has 0 aromatic heterocycles. The molecule has 0 aliphatic carbocycles. The van der Waals surface area contributed by atoms with Gasteiger partial charge in [-0.25, -0.2) is 0 Å². The van der Waals surface area contributed by atoms with Gasteiger partial charge in [-0.2, -0.15) is 0 Å². The summed E-state index contributed by atoms with van der Waals surface area (Å²) in [6, 6.07) is 4.01. The van der Waals surface area contributed by atoms with Gasteiger partial charge in [-0.1, -0.05) is 13.8 Å². The van der Waals surface area contributed by atoms with Crippen molar-refractivity contribution in [2.24, 2.45) is 10.9 Å². The molecule has 8 heteroatoms. The Bertz CT molecular complexity index is 710. The quantitative estimate of drug-likeness (QED) is 0.221. The Morgan fingerprint density at radius 2 is 1.77 bits per heavy atom. The van der Waals surface area contributed by atoms with Gasteiger partial charge in [0.2, 0.25) is 5.91 Å². The number of ether oxygens (including phenoxy) is 2. The Balaban J connectivity index is 0.00000450. The van der Waals surface area contributed by atoms with E-state index in [9.17, 15) is 4.79 Å². The van der Waals surface area contributed by atoms with Crippen LogP contribution >= 0.6 is 24.0 Å². The maximum atomic E-state index is 12.6. The minimum atomic E-state index is 0. The van der Waals surface area contributed by atoms with E-state index in [0.29, 0.717) is 24.6 Å². The van der Waals surface area contributed by atoms with Crippen molar-refractivity contribution in [1.29, 1.82) is 0 Å². The number of aliphatic imine (C=N–C) groups is 1. The topological polar surface area (TPSA) is 75.2 Å². The van der Waals surface area contributed by atoms with E-state index in [1.165, 1.54) is 5.56 Å². The van der Waals surface area contributed by atoms with Gasteiger partial charge in [0.25, 0.3) is 0 Å². The molecule has 0 saturated heterocycles. The van der Waals surface area contributed by atoms with Gasteiger partial charge < -0.3 is 25.0 Å². The summed E-state index contributed by atoms with van der Waals surface area (Å²) in [7, 11) is 5.05. The highest BCUT2D eigenvalue weighted by molar-refractivity contribution is 14.0. The summed E-state index contributed by atoms with van der Waals surface area (Å²) in [6.45, 7) is 7.40. The summed E-state index contributed by atoms with van der Waals surface area (Å²) in [4.78, 5) is 18.8. The van der Waals surface area contributed by atoms with E-state index in [1.54, 1.807) is 21.3 Å². The number of benzene rings is 1. The second kappa shape index (κ2) is 13.6. The van der Waals surface area contributed by atoms with E-state index in [2.05, 4.69) is 29.5 Å². The van der Waals surface area contributed by atoms with Crippen molar-refractivity contribution in [3.8, 4) is 11.5 Å². The van der Waals surface area contributed by atoms with E-state index in [1.807, 2.05) is 17.0 Å². The van der Waals surface area contributed by atoms with Gasteiger partial charge in [-0.05, 0) is 48.4 Å². The van der Waals surface area contributed by atoms with Crippen LogP contribution < -0.4 is 20.1 Å².